The molecule has 1 rings (SSSR count). The topological polar surface area (TPSA) is 92.7 Å². The monoisotopic (exact) mass is 341 g/mol. The van der Waals surface area contributed by atoms with E-state index >= 15 is 0 Å². The number of carbonyl (C=O) groups is 1. The highest BCUT2D eigenvalue weighted by Crippen LogP contribution is 2.31. The minimum absolute atomic E-state index is 0.217. The lowest BCUT2D eigenvalue weighted by Gasteiger charge is -2.33. The van der Waals surface area contributed by atoms with Gasteiger partial charge in [-0.05, 0) is 32.6 Å². The van der Waals surface area contributed by atoms with Gasteiger partial charge in [0.2, 0.25) is 0 Å². The van der Waals surface area contributed by atoms with E-state index in [0.29, 0.717) is 12.8 Å². The fourth-order valence-electron chi connectivity index (χ4n) is 2.12. The first kappa shape index (κ1) is 19.0. The van der Waals surface area contributed by atoms with Crippen molar-refractivity contribution >= 4 is 16.1 Å². The Kier molecular flexibility index (Phi) is 6.05. The Bertz CT molecular complexity index is 523. The van der Waals surface area contributed by atoms with Gasteiger partial charge in [0.25, 0.3) is 0 Å². The summed E-state index contributed by atoms with van der Waals surface area (Å²) in [5.41, 5.74) is -0.827. The number of hydrogen-bond acceptors (Lipinski definition) is 6. The van der Waals surface area contributed by atoms with Crippen molar-refractivity contribution in [2.45, 2.75) is 49.9 Å². The summed E-state index contributed by atoms with van der Waals surface area (Å²) in [6, 6.07) is 0. The maximum Gasteiger partial charge on any atom is 0.357 e. The van der Waals surface area contributed by atoms with E-state index in [-0.39, 0.29) is 5.57 Å². The summed E-state index contributed by atoms with van der Waals surface area (Å²) in [7, 11) is -5.81. The number of carbonyl (C=O) groups excluding carboxylic acids is 1. The van der Waals surface area contributed by atoms with Crippen LogP contribution in [-0.4, -0.2) is 43.0 Å². The smallest absolute Gasteiger partial charge is 0.357 e. The summed E-state index contributed by atoms with van der Waals surface area (Å²) in [6.45, 7) is 2.87. The standard InChI is InChI=1S/C13H20F2O6S/c1-10(8-20-9-13(14,15)22(17,18)19)11(16)21-12(2)6-4-3-5-7-12/h1,3-9H2,2H3,(H,17,18,19)/p-1. The zero-order valence-electron chi connectivity index (χ0n) is 12.3. The molecule has 128 valence electrons. The van der Waals surface area contributed by atoms with Crippen LogP contribution in [0.4, 0.5) is 8.78 Å². The van der Waals surface area contributed by atoms with Gasteiger partial charge in [0.1, 0.15) is 12.2 Å². The van der Waals surface area contributed by atoms with Crippen LogP contribution in [0.1, 0.15) is 39.0 Å². The number of esters is 1. The van der Waals surface area contributed by atoms with Crippen LogP contribution >= 0.6 is 0 Å². The molecule has 22 heavy (non-hydrogen) atoms. The van der Waals surface area contributed by atoms with Crippen LogP contribution in [0.25, 0.3) is 0 Å². The number of ether oxygens (including phenoxy) is 2. The molecule has 0 aliphatic heterocycles. The third-order valence-electron chi connectivity index (χ3n) is 3.45. The third kappa shape index (κ3) is 5.29. The van der Waals surface area contributed by atoms with E-state index in [4.69, 9.17) is 4.74 Å². The van der Waals surface area contributed by atoms with Gasteiger partial charge < -0.3 is 14.0 Å². The Hall–Kier alpha value is -1.06. The molecule has 0 radical (unpaired) electrons. The average Bonchev–Trinajstić information content (AvgIpc) is 2.37. The minimum atomic E-state index is -5.81. The van der Waals surface area contributed by atoms with Gasteiger partial charge in [0.05, 0.1) is 12.2 Å². The van der Waals surface area contributed by atoms with Crippen LogP contribution < -0.4 is 0 Å². The lowest BCUT2D eigenvalue weighted by Crippen LogP contribution is -2.36. The number of hydrogen-bond donors (Lipinski definition) is 0. The molecule has 0 amide bonds. The van der Waals surface area contributed by atoms with E-state index in [1.54, 1.807) is 6.92 Å². The first-order valence-corrected chi connectivity index (χ1v) is 8.20. The molecular weight excluding hydrogens is 322 g/mol. The summed E-state index contributed by atoms with van der Waals surface area (Å²) < 4.78 is 66.2. The Labute approximate surface area is 128 Å². The molecule has 0 heterocycles. The van der Waals surface area contributed by atoms with Crippen molar-refractivity contribution in [3.8, 4) is 0 Å². The van der Waals surface area contributed by atoms with E-state index in [2.05, 4.69) is 11.3 Å². The first-order chi connectivity index (χ1) is 9.97. The van der Waals surface area contributed by atoms with Crippen LogP contribution in [0.5, 0.6) is 0 Å². The molecule has 1 fully saturated rings. The molecule has 0 spiro atoms. The molecule has 0 aromatic heterocycles. The van der Waals surface area contributed by atoms with Crippen molar-refractivity contribution in [3.05, 3.63) is 12.2 Å². The molecule has 0 bridgehead atoms. The van der Waals surface area contributed by atoms with Gasteiger partial charge in [-0.2, -0.15) is 8.78 Å². The zero-order valence-corrected chi connectivity index (χ0v) is 13.1. The predicted octanol–water partition coefficient (Wildman–Crippen LogP) is 1.96. The number of alkyl halides is 2. The summed E-state index contributed by atoms with van der Waals surface area (Å²) in [5, 5.41) is -4.55. The maximum atomic E-state index is 12.8. The van der Waals surface area contributed by atoms with Crippen molar-refractivity contribution in [3.63, 3.8) is 0 Å². The molecule has 0 atom stereocenters. The van der Waals surface area contributed by atoms with Crippen molar-refractivity contribution in [2.75, 3.05) is 13.2 Å². The van der Waals surface area contributed by atoms with Gasteiger partial charge in [0.15, 0.2) is 10.1 Å². The van der Waals surface area contributed by atoms with E-state index in [1.165, 1.54) is 0 Å². The maximum absolute atomic E-state index is 12.8. The summed E-state index contributed by atoms with van der Waals surface area (Å²) in [4.78, 5) is 11.8. The van der Waals surface area contributed by atoms with Crippen molar-refractivity contribution in [2.24, 2.45) is 0 Å². The van der Waals surface area contributed by atoms with Crippen LogP contribution in [0.3, 0.4) is 0 Å². The molecule has 0 aromatic rings. The van der Waals surface area contributed by atoms with Gasteiger partial charge in [-0.25, -0.2) is 13.2 Å². The van der Waals surface area contributed by atoms with Crippen molar-refractivity contribution < 1.29 is 36.0 Å². The van der Waals surface area contributed by atoms with E-state index in [0.717, 1.165) is 19.3 Å². The van der Waals surface area contributed by atoms with Crippen LogP contribution in [0.15, 0.2) is 12.2 Å². The van der Waals surface area contributed by atoms with Crippen LogP contribution in [0, 0.1) is 0 Å². The van der Waals surface area contributed by atoms with Crippen LogP contribution in [-0.2, 0) is 24.4 Å². The average molecular weight is 341 g/mol. The highest BCUT2D eigenvalue weighted by molar-refractivity contribution is 7.86. The van der Waals surface area contributed by atoms with Gasteiger partial charge in [-0.1, -0.05) is 13.0 Å². The second kappa shape index (κ2) is 7.01. The minimum Gasteiger partial charge on any atom is -0.743 e. The van der Waals surface area contributed by atoms with E-state index in [1.807, 2.05) is 0 Å². The highest BCUT2D eigenvalue weighted by Gasteiger charge is 2.38. The molecule has 1 aliphatic rings. The molecule has 1 aliphatic carbocycles. The molecule has 0 aromatic carbocycles. The third-order valence-corrected chi connectivity index (χ3v) is 4.30. The van der Waals surface area contributed by atoms with E-state index < -0.39 is 40.2 Å². The normalized spacial score (nSPS) is 18.7. The molecule has 1 saturated carbocycles. The highest BCUT2D eigenvalue weighted by atomic mass is 32.2. The first-order valence-electron chi connectivity index (χ1n) is 6.79. The zero-order chi connectivity index (χ0) is 17.0. The van der Waals surface area contributed by atoms with E-state index in [9.17, 15) is 26.5 Å². The van der Waals surface area contributed by atoms with Gasteiger partial charge in [-0.15, -0.1) is 0 Å². The lowest BCUT2D eigenvalue weighted by molar-refractivity contribution is -0.157. The van der Waals surface area contributed by atoms with Crippen molar-refractivity contribution in [1.82, 2.24) is 0 Å². The Morgan fingerprint density at radius 2 is 1.86 bits per heavy atom. The van der Waals surface area contributed by atoms with Crippen LogP contribution in [0.2, 0.25) is 0 Å². The Balaban J connectivity index is 2.44. The van der Waals surface area contributed by atoms with Gasteiger partial charge >= 0.3 is 11.2 Å². The number of halogens is 2. The second-order valence-electron chi connectivity index (χ2n) is 5.59. The second-order valence-corrected chi connectivity index (χ2v) is 7.09. The molecular formula is C13H19F2O6S-. The Morgan fingerprint density at radius 1 is 1.32 bits per heavy atom. The molecule has 6 nitrogen and oxygen atoms in total. The largest absolute Gasteiger partial charge is 0.743 e. The summed E-state index contributed by atoms with van der Waals surface area (Å²) in [5.74, 6) is -0.780. The fraction of sp³-hybridized carbons (Fsp3) is 0.769. The van der Waals surface area contributed by atoms with Gasteiger partial charge in [-0.3, -0.25) is 0 Å². The fourth-order valence-corrected chi connectivity index (χ4v) is 2.35. The molecule has 9 heteroatoms. The van der Waals surface area contributed by atoms with Gasteiger partial charge in [0, 0.05) is 0 Å². The lowest BCUT2D eigenvalue weighted by atomic mass is 9.86. The van der Waals surface area contributed by atoms with Crippen molar-refractivity contribution in [1.29, 1.82) is 0 Å². The molecule has 0 saturated heterocycles. The molecule has 0 unspecified atom stereocenters. The SMILES string of the molecule is C=C(COCC(F)(F)S(=O)(=O)[O-])C(=O)OC1(C)CCCCC1. The number of rotatable bonds is 7. The summed E-state index contributed by atoms with van der Waals surface area (Å²) >= 11 is 0. The predicted molar refractivity (Wildman–Crippen MR) is 72.2 cm³/mol. The molecule has 0 N–H and O–H groups in total. The Morgan fingerprint density at radius 3 is 2.36 bits per heavy atom. The quantitative estimate of drug-likeness (QED) is 0.399. The summed E-state index contributed by atoms with van der Waals surface area (Å²) in [6.07, 6.45) is 4.34.